The van der Waals surface area contributed by atoms with Crippen LogP contribution in [0.25, 0.3) is 27.0 Å². The second kappa shape index (κ2) is 9.84. The summed E-state index contributed by atoms with van der Waals surface area (Å²) in [5, 5.41) is 26.6. The number of nitrogens with two attached hydrogens (primary N) is 2. The Hall–Kier alpha value is -5.35. The van der Waals surface area contributed by atoms with E-state index in [2.05, 4.69) is 16.3 Å². The number of methoxy groups -OCH3 is 3. The van der Waals surface area contributed by atoms with Crippen molar-refractivity contribution in [3.05, 3.63) is 58.6 Å². The number of thiophene rings is 1. The Kier molecular flexibility index (Phi) is 6.39. The molecule has 0 amide bonds. The van der Waals surface area contributed by atoms with Crippen molar-refractivity contribution in [1.29, 1.82) is 5.26 Å². The van der Waals surface area contributed by atoms with Gasteiger partial charge in [0.05, 0.1) is 32.3 Å². The van der Waals surface area contributed by atoms with Crippen LogP contribution in [0.2, 0.25) is 0 Å². The number of carbonyl (C=O) groups excluding carboxylic acids is 1. The third-order valence-corrected chi connectivity index (χ3v) is 7.10. The number of benzene rings is 2. The van der Waals surface area contributed by atoms with Crippen LogP contribution in [0.15, 0.2) is 47.0 Å². The lowest BCUT2D eigenvalue weighted by molar-refractivity contribution is -0.672. The minimum Gasteiger partial charge on any atom is -0.539 e. The molecule has 0 fully saturated rings. The Morgan fingerprint density at radius 2 is 1.77 bits per heavy atom. The summed E-state index contributed by atoms with van der Waals surface area (Å²) in [5.41, 5.74) is 13.6. The summed E-state index contributed by atoms with van der Waals surface area (Å²) in [6.07, 6.45) is 0. The first-order valence-corrected chi connectivity index (χ1v) is 12.1. The van der Waals surface area contributed by atoms with Gasteiger partial charge in [0, 0.05) is 23.1 Å². The number of fused-ring (bicyclic) bond motifs is 1. The molecule has 5 aromatic rings. The molecule has 0 bridgehead atoms. The van der Waals surface area contributed by atoms with E-state index < -0.39 is 11.7 Å². The number of hydrogen-bond donors (Lipinski definition) is 2. The molecule has 3 heterocycles. The van der Waals surface area contributed by atoms with Crippen molar-refractivity contribution >= 4 is 38.8 Å². The van der Waals surface area contributed by atoms with Crippen molar-refractivity contribution in [3.63, 3.8) is 0 Å². The van der Waals surface area contributed by atoms with Gasteiger partial charge in [-0.15, -0.1) is 11.3 Å². The van der Waals surface area contributed by atoms with Gasteiger partial charge in [0.15, 0.2) is 17.4 Å². The molecule has 5 rings (SSSR count). The topological polar surface area (TPSA) is 186 Å². The van der Waals surface area contributed by atoms with Crippen LogP contribution in [0.3, 0.4) is 0 Å². The highest BCUT2D eigenvalue weighted by Gasteiger charge is 2.33. The predicted octanol–water partition coefficient (Wildman–Crippen LogP) is 2.59. The van der Waals surface area contributed by atoms with Gasteiger partial charge in [-0.05, 0) is 22.4 Å². The molecule has 0 saturated carbocycles. The number of para-hydroxylation sites is 1. The number of pyridine rings is 1. The molecular weight excluding hydrogens is 524 g/mol. The lowest BCUT2D eigenvalue weighted by Crippen LogP contribution is -2.39. The largest absolute Gasteiger partial charge is 0.539 e. The average Bonchev–Trinajstić information content (AvgIpc) is 3.50. The second-order valence-corrected chi connectivity index (χ2v) is 9.08. The molecule has 4 N–H and O–H groups in total. The van der Waals surface area contributed by atoms with E-state index in [-0.39, 0.29) is 32.5 Å². The third-order valence-electron chi connectivity index (χ3n) is 6.00. The quantitative estimate of drug-likeness (QED) is 0.226. The van der Waals surface area contributed by atoms with E-state index in [1.54, 1.807) is 42.5 Å². The van der Waals surface area contributed by atoms with Crippen LogP contribution in [0.5, 0.6) is 23.2 Å². The molecule has 2 aromatic carbocycles. The van der Waals surface area contributed by atoms with Crippen LogP contribution in [0.1, 0.15) is 20.9 Å². The molecule has 0 atom stereocenters. The predicted molar refractivity (Wildman–Crippen MR) is 139 cm³/mol. The van der Waals surface area contributed by atoms with Crippen molar-refractivity contribution in [2.45, 2.75) is 0 Å². The number of nitrogen functional groups attached to an aromatic ring is 2. The first kappa shape index (κ1) is 25.3. The standard InChI is InChI=1S/C26H20N6O6S/c1-35-15-9-12(10-16(36-2)22(15)37-3)17-14(11-27)24(29)30-25-18(17)19(28)23(39-25)21(33)20-26(34)38-31-32(20)13-7-5-4-6-8-13/h4-10H,1-3H3,(H4-,28,29,30,31,33,34). The van der Waals surface area contributed by atoms with Crippen LogP contribution in [-0.4, -0.2) is 37.4 Å². The molecule has 0 aliphatic heterocycles. The molecular formula is C26H20N6O6S. The van der Waals surface area contributed by atoms with Gasteiger partial charge in [-0.1, -0.05) is 18.2 Å². The van der Waals surface area contributed by atoms with Crippen molar-refractivity contribution in [2.75, 3.05) is 32.8 Å². The summed E-state index contributed by atoms with van der Waals surface area (Å²) in [4.78, 5) is 18.3. The molecule has 39 heavy (non-hydrogen) atoms. The minimum absolute atomic E-state index is 0.00524. The van der Waals surface area contributed by atoms with Gasteiger partial charge < -0.3 is 35.3 Å². The first-order chi connectivity index (χ1) is 18.8. The molecule has 0 spiro atoms. The maximum Gasteiger partial charge on any atom is 0.312 e. The second-order valence-electron chi connectivity index (χ2n) is 8.08. The van der Waals surface area contributed by atoms with Gasteiger partial charge in [0.2, 0.25) is 11.4 Å². The zero-order chi connectivity index (χ0) is 27.8. The monoisotopic (exact) mass is 544 g/mol. The first-order valence-electron chi connectivity index (χ1n) is 11.3. The Labute approximate surface area is 225 Å². The molecule has 0 radical (unpaired) electrons. The molecule has 12 nitrogen and oxygen atoms in total. The molecule has 13 heteroatoms. The van der Waals surface area contributed by atoms with Gasteiger partial charge in [0.25, 0.3) is 5.78 Å². The average molecular weight is 545 g/mol. The fourth-order valence-electron chi connectivity index (χ4n) is 4.26. The van der Waals surface area contributed by atoms with Crippen molar-refractivity contribution < 1.29 is 33.3 Å². The number of hydrogen-bond acceptors (Lipinski definition) is 12. The fraction of sp³-hybridized carbons (Fsp3) is 0.115. The molecule has 3 aromatic heterocycles. The van der Waals surface area contributed by atoms with E-state index >= 15 is 0 Å². The number of nitriles is 1. The molecule has 0 aliphatic carbocycles. The fourth-order valence-corrected chi connectivity index (χ4v) is 5.31. The van der Waals surface area contributed by atoms with E-state index in [1.807, 2.05) is 0 Å². The molecule has 0 unspecified atom stereocenters. The summed E-state index contributed by atoms with van der Waals surface area (Å²) in [6, 6.07) is 13.9. The van der Waals surface area contributed by atoms with Gasteiger partial charge in [-0.3, -0.25) is 4.79 Å². The van der Waals surface area contributed by atoms with E-state index in [9.17, 15) is 15.2 Å². The summed E-state index contributed by atoms with van der Waals surface area (Å²) in [7, 11) is 4.38. The van der Waals surface area contributed by atoms with Gasteiger partial charge in [-0.2, -0.15) is 5.26 Å². The molecule has 0 saturated heterocycles. The molecule has 196 valence electrons. The van der Waals surface area contributed by atoms with E-state index in [0.29, 0.717) is 39.4 Å². The van der Waals surface area contributed by atoms with E-state index in [1.165, 1.54) is 21.3 Å². The zero-order valence-electron chi connectivity index (χ0n) is 20.8. The number of carbonyl (C=O) groups is 1. The number of nitrogens with zero attached hydrogens (tertiary/aromatic N) is 4. The van der Waals surface area contributed by atoms with Crippen LogP contribution in [-0.2, 0) is 0 Å². The summed E-state index contributed by atoms with van der Waals surface area (Å²) >= 11 is 0.929. The normalized spacial score (nSPS) is 10.8. The highest BCUT2D eigenvalue weighted by molar-refractivity contribution is 7.21. The SMILES string of the molecule is COc1cc(-c2c(C#N)c(N)nc3sc(C(=O)c4c([O-])on[n+]4-c4ccccc4)c(N)c23)cc(OC)c1OC. The van der Waals surface area contributed by atoms with E-state index in [0.717, 1.165) is 16.0 Å². The maximum atomic E-state index is 13.7. The maximum absolute atomic E-state index is 13.7. The lowest BCUT2D eigenvalue weighted by atomic mass is 9.96. The highest BCUT2D eigenvalue weighted by Crippen LogP contribution is 2.47. The number of ether oxygens (including phenoxy) is 3. The molecule has 0 aliphatic rings. The number of rotatable bonds is 7. The Bertz CT molecular complexity index is 1770. The number of aromatic nitrogens is 3. The van der Waals surface area contributed by atoms with Crippen LogP contribution in [0.4, 0.5) is 11.5 Å². The van der Waals surface area contributed by atoms with Crippen LogP contribution in [0, 0.1) is 11.3 Å². The summed E-state index contributed by atoms with van der Waals surface area (Å²) < 4.78 is 22.3. The Balaban J connectivity index is 1.78. The van der Waals surface area contributed by atoms with Gasteiger partial charge in [0.1, 0.15) is 27.2 Å². The van der Waals surface area contributed by atoms with Crippen LogP contribution >= 0.6 is 11.3 Å². The zero-order valence-corrected chi connectivity index (χ0v) is 21.7. The highest BCUT2D eigenvalue weighted by atomic mass is 32.1. The van der Waals surface area contributed by atoms with Gasteiger partial charge in [-0.25, -0.2) is 4.98 Å². The summed E-state index contributed by atoms with van der Waals surface area (Å²) in [6.45, 7) is 0. The van der Waals surface area contributed by atoms with Gasteiger partial charge >= 0.3 is 5.69 Å². The Morgan fingerprint density at radius 1 is 1.10 bits per heavy atom. The number of ketones is 1. The van der Waals surface area contributed by atoms with E-state index in [4.69, 9.17) is 30.2 Å². The van der Waals surface area contributed by atoms with Crippen molar-refractivity contribution in [1.82, 2.24) is 10.3 Å². The van der Waals surface area contributed by atoms with Crippen LogP contribution < -0.4 is 35.5 Å². The smallest absolute Gasteiger partial charge is 0.312 e. The Morgan fingerprint density at radius 3 is 2.36 bits per heavy atom. The minimum atomic E-state index is -0.934. The van der Waals surface area contributed by atoms with Crippen molar-refractivity contribution in [3.8, 4) is 46.1 Å². The number of anilines is 2. The van der Waals surface area contributed by atoms with Crippen molar-refractivity contribution in [2.24, 2.45) is 0 Å². The lowest BCUT2D eigenvalue weighted by Gasteiger charge is -2.16. The summed E-state index contributed by atoms with van der Waals surface area (Å²) in [5.74, 6) is -0.727. The third kappa shape index (κ3) is 3.99.